The largest absolute Gasteiger partial charge is 0.264 e. The Kier molecular flexibility index (Phi) is 3.22. The Bertz CT molecular complexity index is 620. The number of hydrogen-bond donors (Lipinski definition) is 0. The highest BCUT2D eigenvalue weighted by Gasteiger charge is 2.17. The molecule has 90 valence electrons. The maximum absolute atomic E-state index is 11.2. The fourth-order valence-electron chi connectivity index (χ4n) is 1.58. The Balaban J connectivity index is 2.34. The summed E-state index contributed by atoms with van der Waals surface area (Å²) in [6, 6.07) is 9.68. The molecule has 0 fully saturated rings. The summed E-state index contributed by atoms with van der Waals surface area (Å²) in [5, 5.41) is 4.03. The summed E-state index contributed by atoms with van der Waals surface area (Å²) < 4.78 is 24.1. The molecule has 6 heteroatoms. The van der Waals surface area contributed by atoms with Gasteiger partial charge < -0.3 is 0 Å². The van der Waals surface area contributed by atoms with Gasteiger partial charge in [0.1, 0.15) is 4.90 Å². The van der Waals surface area contributed by atoms with Gasteiger partial charge >= 0.3 is 0 Å². The van der Waals surface area contributed by atoms with E-state index < -0.39 is 9.05 Å². The molecule has 0 unspecified atom stereocenters. The second-order valence-electron chi connectivity index (χ2n) is 3.68. The first-order valence-electron chi connectivity index (χ1n) is 4.99. The third-order valence-electron chi connectivity index (χ3n) is 2.50. The van der Waals surface area contributed by atoms with Crippen LogP contribution in [0.4, 0.5) is 0 Å². The minimum absolute atomic E-state index is 0.0649. The average Bonchev–Trinajstić information content (AvgIpc) is 2.61. The van der Waals surface area contributed by atoms with Gasteiger partial charge in [-0.15, -0.1) is 0 Å². The van der Waals surface area contributed by atoms with E-state index >= 15 is 0 Å². The molecule has 0 aliphatic carbocycles. The number of rotatable bonds is 3. The standard InChI is InChI=1S/C11H11ClN2O2S/c1-9-11(17(12,15)16)7-13-14(9)8-10-5-3-2-4-6-10/h2-7H,8H2,1H3. The Labute approximate surface area is 104 Å². The monoisotopic (exact) mass is 270 g/mol. The highest BCUT2D eigenvalue weighted by Crippen LogP contribution is 2.19. The Morgan fingerprint density at radius 3 is 2.47 bits per heavy atom. The van der Waals surface area contributed by atoms with Crippen LogP contribution in [0.3, 0.4) is 0 Å². The van der Waals surface area contributed by atoms with Crippen LogP contribution in [0.15, 0.2) is 41.4 Å². The van der Waals surface area contributed by atoms with Gasteiger partial charge in [0.05, 0.1) is 18.4 Å². The van der Waals surface area contributed by atoms with Gasteiger partial charge in [0, 0.05) is 10.7 Å². The van der Waals surface area contributed by atoms with Crippen molar-refractivity contribution in [3.8, 4) is 0 Å². The summed E-state index contributed by atoms with van der Waals surface area (Å²) in [5.74, 6) is 0. The Morgan fingerprint density at radius 2 is 1.94 bits per heavy atom. The summed E-state index contributed by atoms with van der Waals surface area (Å²) in [7, 11) is 1.58. The van der Waals surface area contributed by atoms with E-state index in [0.29, 0.717) is 12.2 Å². The molecule has 0 saturated carbocycles. The van der Waals surface area contributed by atoms with Crippen molar-refractivity contribution in [3.05, 3.63) is 47.8 Å². The molecule has 0 amide bonds. The van der Waals surface area contributed by atoms with E-state index in [0.717, 1.165) is 5.56 Å². The van der Waals surface area contributed by atoms with Crippen LogP contribution in [0.5, 0.6) is 0 Å². The first-order valence-corrected chi connectivity index (χ1v) is 7.30. The summed E-state index contributed by atoms with van der Waals surface area (Å²) >= 11 is 0. The average molecular weight is 271 g/mol. The summed E-state index contributed by atoms with van der Waals surface area (Å²) in [4.78, 5) is 0.0649. The molecule has 0 radical (unpaired) electrons. The van der Waals surface area contributed by atoms with Crippen molar-refractivity contribution in [2.24, 2.45) is 0 Å². The van der Waals surface area contributed by atoms with E-state index in [9.17, 15) is 8.42 Å². The second-order valence-corrected chi connectivity index (χ2v) is 6.21. The third kappa shape index (κ3) is 2.68. The minimum Gasteiger partial charge on any atom is -0.264 e. The summed E-state index contributed by atoms with van der Waals surface area (Å²) in [6.45, 7) is 2.21. The number of benzene rings is 1. The van der Waals surface area contributed by atoms with Crippen LogP contribution in [0.25, 0.3) is 0 Å². The topological polar surface area (TPSA) is 52.0 Å². The zero-order chi connectivity index (χ0) is 12.5. The second kappa shape index (κ2) is 4.50. The molecule has 0 aliphatic rings. The normalized spacial score (nSPS) is 11.6. The van der Waals surface area contributed by atoms with Gasteiger partial charge in [-0.3, -0.25) is 4.68 Å². The molecule has 0 saturated heterocycles. The molecule has 0 bridgehead atoms. The fourth-order valence-corrected chi connectivity index (χ4v) is 2.67. The first kappa shape index (κ1) is 12.1. The predicted octanol–water partition coefficient (Wildman–Crippen LogP) is 2.17. The molecule has 1 aromatic carbocycles. The molecule has 1 aromatic heterocycles. The smallest absolute Gasteiger partial charge is 0.264 e. The number of hydrogen-bond acceptors (Lipinski definition) is 3. The van der Waals surface area contributed by atoms with Crippen LogP contribution in [0.2, 0.25) is 0 Å². The van der Waals surface area contributed by atoms with E-state index in [-0.39, 0.29) is 4.90 Å². The van der Waals surface area contributed by atoms with Crippen LogP contribution >= 0.6 is 10.7 Å². The predicted molar refractivity (Wildman–Crippen MR) is 65.5 cm³/mol. The van der Waals surface area contributed by atoms with E-state index in [4.69, 9.17) is 10.7 Å². The molecular weight excluding hydrogens is 260 g/mol. The lowest BCUT2D eigenvalue weighted by Crippen LogP contribution is -2.04. The van der Waals surface area contributed by atoms with Gasteiger partial charge in [-0.2, -0.15) is 5.10 Å². The third-order valence-corrected chi connectivity index (χ3v) is 3.92. The van der Waals surface area contributed by atoms with Crippen LogP contribution in [-0.4, -0.2) is 18.2 Å². The van der Waals surface area contributed by atoms with Crippen molar-refractivity contribution in [1.29, 1.82) is 0 Å². The van der Waals surface area contributed by atoms with E-state index in [1.807, 2.05) is 30.3 Å². The Morgan fingerprint density at radius 1 is 1.29 bits per heavy atom. The van der Waals surface area contributed by atoms with Gasteiger partial charge in [-0.05, 0) is 12.5 Å². The first-order chi connectivity index (χ1) is 7.98. The zero-order valence-corrected chi connectivity index (χ0v) is 10.7. The minimum atomic E-state index is -3.72. The van der Waals surface area contributed by atoms with Crippen molar-refractivity contribution >= 4 is 19.7 Å². The van der Waals surface area contributed by atoms with Crippen molar-refractivity contribution in [2.45, 2.75) is 18.4 Å². The van der Waals surface area contributed by atoms with Gasteiger partial charge in [-0.25, -0.2) is 8.42 Å². The SMILES string of the molecule is Cc1c(S(=O)(=O)Cl)cnn1Cc1ccccc1. The molecule has 4 nitrogen and oxygen atoms in total. The molecule has 0 aliphatic heterocycles. The lowest BCUT2D eigenvalue weighted by Gasteiger charge is -2.04. The Hall–Kier alpha value is -1.33. The van der Waals surface area contributed by atoms with E-state index in [2.05, 4.69) is 5.10 Å². The number of nitrogens with zero attached hydrogens (tertiary/aromatic N) is 2. The number of aromatic nitrogens is 2. The molecule has 2 aromatic rings. The van der Waals surface area contributed by atoms with Crippen LogP contribution in [0, 0.1) is 6.92 Å². The van der Waals surface area contributed by atoms with Gasteiger partial charge in [0.25, 0.3) is 9.05 Å². The summed E-state index contributed by atoms with van der Waals surface area (Å²) in [5.41, 5.74) is 1.60. The lowest BCUT2D eigenvalue weighted by atomic mass is 10.2. The zero-order valence-electron chi connectivity index (χ0n) is 9.17. The van der Waals surface area contributed by atoms with Crippen molar-refractivity contribution in [1.82, 2.24) is 9.78 Å². The molecule has 2 rings (SSSR count). The van der Waals surface area contributed by atoms with Crippen molar-refractivity contribution < 1.29 is 8.42 Å². The fraction of sp³-hybridized carbons (Fsp3) is 0.182. The molecule has 17 heavy (non-hydrogen) atoms. The molecule has 0 N–H and O–H groups in total. The number of halogens is 1. The van der Waals surface area contributed by atoms with Crippen LogP contribution in [0.1, 0.15) is 11.3 Å². The van der Waals surface area contributed by atoms with E-state index in [1.165, 1.54) is 6.20 Å². The van der Waals surface area contributed by atoms with Crippen molar-refractivity contribution in [2.75, 3.05) is 0 Å². The molecular formula is C11H11ClN2O2S. The van der Waals surface area contributed by atoms with Gasteiger partial charge in [0.15, 0.2) is 0 Å². The molecule has 0 spiro atoms. The maximum atomic E-state index is 11.2. The van der Waals surface area contributed by atoms with Crippen LogP contribution in [-0.2, 0) is 15.6 Å². The van der Waals surface area contributed by atoms with Gasteiger partial charge in [0.2, 0.25) is 0 Å². The highest BCUT2D eigenvalue weighted by molar-refractivity contribution is 8.13. The quantitative estimate of drug-likeness (QED) is 0.803. The lowest BCUT2D eigenvalue weighted by molar-refractivity contribution is 0.607. The maximum Gasteiger partial charge on any atom is 0.264 e. The van der Waals surface area contributed by atoms with Crippen molar-refractivity contribution in [3.63, 3.8) is 0 Å². The van der Waals surface area contributed by atoms with Gasteiger partial charge in [-0.1, -0.05) is 30.3 Å². The molecule has 1 heterocycles. The van der Waals surface area contributed by atoms with Crippen LogP contribution < -0.4 is 0 Å². The molecule has 0 atom stereocenters. The highest BCUT2D eigenvalue weighted by atomic mass is 35.7. The summed E-state index contributed by atoms with van der Waals surface area (Å²) in [6.07, 6.45) is 1.28. The van der Waals surface area contributed by atoms with E-state index in [1.54, 1.807) is 11.6 Å².